The Morgan fingerprint density at radius 2 is 2.32 bits per heavy atom. The fourth-order valence-corrected chi connectivity index (χ4v) is 2.35. The maximum absolute atomic E-state index is 5.77. The third-order valence-electron chi connectivity index (χ3n) is 2.90. The lowest BCUT2D eigenvalue weighted by Gasteiger charge is -2.14. The first-order valence-electron chi connectivity index (χ1n) is 6.64. The monoisotopic (exact) mass is 276 g/mol. The zero-order valence-corrected chi connectivity index (χ0v) is 12.2. The third-order valence-corrected chi connectivity index (χ3v) is 3.66. The van der Waals surface area contributed by atoms with Gasteiger partial charge in [0.1, 0.15) is 17.4 Å². The minimum atomic E-state index is 0.350. The van der Waals surface area contributed by atoms with Gasteiger partial charge in [-0.2, -0.15) is 0 Å². The van der Waals surface area contributed by atoms with Crippen LogP contribution in [0.2, 0.25) is 0 Å². The molecule has 1 aromatic carbocycles. The predicted octanol–water partition coefficient (Wildman–Crippen LogP) is 3.78. The fourth-order valence-electron chi connectivity index (χ4n) is 1.82. The van der Waals surface area contributed by atoms with E-state index in [1.165, 1.54) is 5.56 Å². The van der Waals surface area contributed by atoms with Crippen LogP contribution in [0.15, 0.2) is 35.8 Å². The number of thiazole rings is 1. The molecule has 0 aliphatic carbocycles. The van der Waals surface area contributed by atoms with Gasteiger partial charge in [-0.05, 0) is 37.6 Å². The van der Waals surface area contributed by atoms with Crippen molar-refractivity contribution in [2.75, 3.05) is 6.54 Å². The van der Waals surface area contributed by atoms with E-state index in [4.69, 9.17) is 4.74 Å². The van der Waals surface area contributed by atoms with Crippen LogP contribution >= 0.6 is 11.3 Å². The first-order chi connectivity index (χ1) is 9.29. The van der Waals surface area contributed by atoms with Gasteiger partial charge in [0.2, 0.25) is 0 Å². The summed E-state index contributed by atoms with van der Waals surface area (Å²) in [5.74, 6) is 0.901. The van der Waals surface area contributed by atoms with E-state index in [2.05, 4.69) is 36.3 Å². The Bertz CT molecular complexity index is 485. The Hall–Kier alpha value is -1.39. The maximum atomic E-state index is 5.77. The van der Waals surface area contributed by atoms with Crippen molar-refractivity contribution >= 4 is 11.3 Å². The lowest BCUT2D eigenvalue weighted by atomic mass is 10.1. The largest absolute Gasteiger partial charge is 0.486 e. The molecule has 1 heterocycles. The van der Waals surface area contributed by atoms with E-state index in [1.807, 2.05) is 17.5 Å². The quantitative estimate of drug-likeness (QED) is 0.835. The zero-order chi connectivity index (χ0) is 13.5. The topological polar surface area (TPSA) is 34.1 Å². The van der Waals surface area contributed by atoms with Crippen molar-refractivity contribution in [2.45, 2.75) is 32.9 Å². The van der Waals surface area contributed by atoms with Crippen molar-refractivity contribution in [3.8, 4) is 5.75 Å². The molecule has 3 nitrogen and oxygen atoms in total. The highest BCUT2D eigenvalue weighted by molar-refractivity contribution is 7.09. The number of rotatable bonds is 7. The normalized spacial score (nSPS) is 12.3. The van der Waals surface area contributed by atoms with E-state index in [0.29, 0.717) is 12.6 Å². The van der Waals surface area contributed by atoms with Gasteiger partial charge < -0.3 is 10.1 Å². The lowest BCUT2D eigenvalue weighted by Crippen LogP contribution is -2.19. The number of ether oxygens (including phenoxy) is 1. The molecule has 1 N–H and O–H groups in total. The molecule has 0 aliphatic rings. The van der Waals surface area contributed by atoms with Gasteiger partial charge in [0.25, 0.3) is 0 Å². The van der Waals surface area contributed by atoms with Crippen LogP contribution in [0.4, 0.5) is 0 Å². The first kappa shape index (κ1) is 14.0. The second-order valence-electron chi connectivity index (χ2n) is 4.46. The molecule has 0 aliphatic heterocycles. The van der Waals surface area contributed by atoms with E-state index in [-0.39, 0.29) is 0 Å². The second kappa shape index (κ2) is 7.26. The molecule has 1 aromatic heterocycles. The molecule has 102 valence electrons. The highest BCUT2D eigenvalue weighted by atomic mass is 32.1. The summed E-state index contributed by atoms with van der Waals surface area (Å²) in [6.07, 6.45) is 2.95. The smallest absolute Gasteiger partial charge is 0.140 e. The average Bonchev–Trinajstić information content (AvgIpc) is 2.96. The van der Waals surface area contributed by atoms with Crippen LogP contribution in [0.1, 0.15) is 36.9 Å². The van der Waals surface area contributed by atoms with E-state index in [0.717, 1.165) is 23.7 Å². The van der Waals surface area contributed by atoms with Crippen LogP contribution in [0.3, 0.4) is 0 Å². The van der Waals surface area contributed by atoms with Gasteiger partial charge in [-0.3, -0.25) is 0 Å². The number of nitrogens with zero attached hydrogens (tertiary/aromatic N) is 1. The zero-order valence-electron chi connectivity index (χ0n) is 11.4. The number of hydrogen-bond donors (Lipinski definition) is 1. The first-order valence-corrected chi connectivity index (χ1v) is 7.52. The van der Waals surface area contributed by atoms with Crippen LogP contribution in [0, 0.1) is 0 Å². The molecule has 0 radical (unpaired) electrons. The van der Waals surface area contributed by atoms with Crippen molar-refractivity contribution < 1.29 is 4.74 Å². The van der Waals surface area contributed by atoms with Crippen molar-refractivity contribution in [2.24, 2.45) is 0 Å². The van der Waals surface area contributed by atoms with Crippen LogP contribution in [0.5, 0.6) is 5.75 Å². The van der Waals surface area contributed by atoms with Crippen molar-refractivity contribution in [1.29, 1.82) is 0 Å². The summed E-state index contributed by atoms with van der Waals surface area (Å²) >= 11 is 1.62. The SMILES string of the molecule is CCCNC(C)c1cccc(OCc2nccs2)c1. The maximum Gasteiger partial charge on any atom is 0.140 e. The van der Waals surface area contributed by atoms with Crippen molar-refractivity contribution in [3.63, 3.8) is 0 Å². The lowest BCUT2D eigenvalue weighted by molar-refractivity contribution is 0.305. The molecule has 19 heavy (non-hydrogen) atoms. The van der Waals surface area contributed by atoms with E-state index < -0.39 is 0 Å². The van der Waals surface area contributed by atoms with E-state index in [9.17, 15) is 0 Å². The molecule has 1 atom stereocenters. The Morgan fingerprint density at radius 1 is 1.42 bits per heavy atom. The van der Waals surface area contributed by atoms with Gasteiger partial charge in [-0.1, -0.05) is 19.1 Å². The standard InChI is InChI=1S/C15H20N2OS/c1-3-7-16-12(2)13-5-4-6-14(10-13)18-11-15-17-8-9-19-15/h4-6,8-10,12,16H,3,7,11H2,1-2H3. The van der Waals surface area contributed by atoms with Gasteiger partial charge >= 0.3 is 0 Å². The Labute approximate surface area is 118 Å². The van der Waals surface area contributed by atoms with Gasteiger partial charge in [0.15, 0.2) is 0 Å². The van der Waals surface area contributed by atoms with E-state index in [1.54, 1.807) is 17.5 Å². The number of aromatic nitrogens is 1. The molecular weight excluding hydrogens is 256 g/mol. The van der Waals surface area contributed by atoms with Crippen LogP contribution in [-0.2, 0) is 6.61 Å². The van der Waals surface area contributed by atoms with Crippen molar-refractivity contribution in [1.82, 2.24) is 10.3 Å². The highest BCUT2D eigenvalue weighted by Crippen LogP contribution is 2.20. The Kier molecular flexibility index (Phi) is 5.36. The summed E-state index contributed by atoms with van der Waals surface area (Å²) < 4.78 is 5.77. The van der Waals surface area contributed by atoms with Crippen LogP contribution < -0.4 is 10.1 Å². The van der Waals surface area contributed by atoms with Gasteiger partial charge in [-0.15, -0.1) is 11.3 Å². The minimum absolute atomic E-state index is 0.350. The van der Waals surface area contributed by atoms with E-state index >= 15 is 0 Å². The summed E-state index contributed by atoms with van der Waals surface area (Å²) in [6.45, 7) is 5.92. The molecule has 0 saturated carbocycles. The van der Waals surface area contributed by atoms with Gasteiger partial charge in [0, 0.05) is 17.6 Å². The molecule has 4 heteroatoms. The number of nitrogens with one attached hydrogen (secondary N) is 1. The summed E-state index contributed by atoms with van der Waals surface area (Å²) in [5.41, 5.74) is 1.25. The van der Waals surface area contributed by atoms with Crippen LogP contribution in [-0.4, -0.2) is 11.5 Å². The molecule has 0 spiro atoms. The van der Waals surface area contributed by atoms with Crippen LogP contribution in [0.25, 0.3) is 0 Å². The second-order valence-corrected chi connectivity index (χ2v) is 5.44. The molecule has 0 bridgehead atoms. The molecular formula is C15H20N2OS. The molecule has 0 saturated heterocycles. The molecule has 0 fully saturated rings. The average molecular weight is 276 g/mol. The summed E-state index contributed by atoms with van der Waals surface area (Å²) in [5, 5.41) is 6.45. The summed E-state index contributed by atoms with van der Waals surface area (Å²) in [7, 11) is 0. The Balaban J connectivity index is 1.94. The summed E-state index contributed by atoms with van der Waals surface area (Å²) in [6, 6.07) is 8.61. The summed E-state index contributed by atoms with van der Waals surface area (Å²) in [4.78, 5) is 4.21. The van der Waals surface area contributed by atoms with Crippen molar-refractivity contribution in [3.05, 3.63) is 46.4 Å². The van der Waals surface area contributed by atoms with Gasteiger partial charge in [-0.25, -0.2) is 4.98 Å². The van der Waals surface area contributed by atoms with Gasteiger partial charge in [0.05, 0.1) is 0 Å². The fraction of sp³-hybridized carbons (Fsp3) is 0.400. The number of benzene rings is 1. The minimum Gasteiger partial charge on any atom is -0.486 e. The Morgan fingerprint density at radius 3 is 3.05 bits per heavy atom. The molecule has 2 aromatic rings. The molecule has 1 unspecified atom stereocenters. The molecule has 2 rings (SSSR count). The highest BCUT2D eigenvalue weighted by Gasteiger charge is 2.05. The molecule has 0 amide bonds. The predicted molar refractivity (Wildman–Crippen MR) is 79.6 cm³/mol. The third kappa shape index (κ3) is 4.33. The number of hydrogen-bond acceptors (Lipinski definition) is 4.